The largest absolute Gasteiger partial charge is 0.423 e. The first kappa shape index (κ1) is 19.6. The summed E-state index contributed by atoms with van der Waals surface area (Å²) in [6.07, 6.45) is 0. The van der Waals surface area contributed by atoms with Gasteiger partial charge in [0, 0.05) is 13.4 Å². The van der Waals surface area contributed by atoms with E-state index in [1.54, 1.807) is 19.1 Å². The topological polar surface area (TPSA) is 80.7 Å². The van der Waals surface area contributed by atoms with Crippen molar-refractivity contribution in [3.8, 4) is 5.75 Å². The van der Waals surface area contributed by atoms with Crippen molar-refractivity contribution >= 4 is 63.9 Å². The van der Waals surface area contributed by atoms with Gasteiger partial charge in [-0.3, -0.25) is 4.55 Å². The summed E-state index contributed by atoms with van der Waals surface area (Å²) in [6, 6.07) is 5.92. The number of hydrogen-bond donors (Lipinski definition) is 1. The molecule has 1 N–H and O–H groups in total. The lowest BCUT2D eigenvalue weighted by molar-refractivity contribution is 0.0732. The van der Waals surface area contributed by atoms with Crippen LogP contribution in [0.2, 0.25) is 0 Å². The highest BCUT2D eigenvalue weighted by atomic mass is 79.9. The fourth-order valence-electron chi connectivity index (χ4n) is 2.02. The van der Waals surface area contributed by atoms with Gasteiger partial charge in [0.1, 0.15) is 5.75 Å². The Bertz CT molecular complexity index is 939. The zero-order valence-electron chi connectivity index (χ0n) is 12.4. The summed E-state index contributed by atoms with van der Waals surface area (Å²) in [5, 5.41) is 0. The number of hydrogen-bond acceptors (Lipinski definition) is 4. The lowest BCUT2D eigenvalue weighted by atomic mass is 10.1. The van der Waals surface area contributed by atoms with Gasteiger partial charge in [-0.05, 0) is 81.1 Å². The first-order valence-electron chi connectivity index (χ1n) is 6.46. The van der Waals surface area contributed by atoms with Crippen LogP contribution in [0.5, 0.6) is 5.75 Å². The van der Waals surface area contributed by atoms with Gasteiger partial charge in [0.05, 0.1) is 10.5 Å². The highest BCUT2D eigenvalue weighted by molar-refractivity contribution is 9.13. The van der Waals surface area contributed by atoms with Crippen LogP contribution in [-0.2, 0) is 10.1 Å². The van der Waals surface area contributed by atoms with Crippen molar-refractivity contribution in [1.29, 1.82) is 0 Å². The molecule has 0 aliphatic heterocycles. The van der Waals surface area contributed by atoms with Gasteiger partial charge in [-0.2, -0.15) is 8.42 Å². The van der Waals surface area contributed by atoms with E-state index in [2.05, 4.69) is 47.8 Å². The number of ether oxygens (including phenoxy) is 1. The monoisotopic (exact) mass is 540 g/mol. The number of rotatable bonds is 3. The molecular formula is C15H11Br3O5S. The van der Waals surface area contributed by atoms with Gasteiger partial charge in [0.2, 0.25) is 0 Å². The summed E-state index contributed by atoms with van der Waals surface area (Å²) in [4.78, 5) is 12.2. The van der Waals surface area contributed by atoms with Gasteiger partial charge in [0.25, 0.3) is 10.1 Å². The van der Waals surface area contributed by atoms with Crippen molar-refractivity contribution in [2.75, 3.05) is 0 Å². The van der Waals surface area contributed by atoms with Crippen LogP contribution in [0.3, 0.4) is 0 Å². The molecule has 0 bridgehead atoms. The molecule has 5 nitrogen and oxygen atoms in total. The molecule has 24 heavy (non-hydrogen) atoms. The van der Waals surface area contributed by atoms with E-state index in [1.807, 2.05) is 0 Å². The fourth-order valence-corrected chi connectivity index (χ4v) is 4.42. The van der Waals surface area contributed by atoms with Gasteiger partial charge in [-0.25, -0.2) is 4.79 Å². The predicted molar refractivity (Wildman–Crippen MR) is 100 cm³/mol. The standard InChI is InChI=1S/C15H11Br3O5S/c1-7-8(2)13(24(20,21)22)4-3-12(7)23-15(19)10-5-9(16)6-11(17)14(10)18/h3-6H,1-2H3,(H,20,21,22). The van der Waals surface area contributed by atoms with Gasteiger partial charge in [0.15, 0.2) is 0 Å². The second-order valence-electron chi connectivity index (χ2n) is 4.93. The second kappa shape index (κ2) is 7.25. The summed E-state index contributed by atoms with van der Waals surface area (Å²) in [5.74, 6) is -0.390. The summed E-state index contributed by atoms with van der Waals surface area (Å²) in [6.45, 7) is 3.14. The lowest BCUT2D eigenvalue weighted by Crippen LogP contribution is -2.12. The van der Waals surface area contributed by atoms with Crippen LogP contribution in [0.4, 0.5) is 0 Å². The molecule has 0 radical (unpaired) electrons. The average molecular weight is 543 g/mol. The van der Waals surface area contributed by atoms with Crippen LogP contribution >= 0.6 is 47.8 Å². The van der Waals surface area contributed by atoms with Crippen LogP contribution in [-0.4, -0.2) is 18.9 Å². The molecule has 0 aliphatic rings. The molecular weight excluding hydrogens is 532 g/mol. The maximum Gasteiger partial charge on any atom is 0.344 e. The van der Waals surface area contributed by atoms with Crippen molar-refractivity contribution in [2.45, 2.75) is 18.7 Å². The first-order valence-corrected chi connectivity index (χ1v) is 10.3. The molecule has 2 rings (SSSR count). The molecule has 0 unspecified atom stereocenters. The average Bonchev–Trinajstić information content (AvgIpc) is 2.46. The number of carbonyl (C=O) groups excluding carboxylic acids is 1. The van der Waals surface area contributed by atoms with Crippen LogP contribution in [0, 0.1) is 13.8 Å². The van der Waals surface area contributed by atoms with E-state index < -0.39 is 16.1 Å². The molecule has 0 amide bonds. The van der Waals surface area contributed by atoms with E-state index in [9.17, 15) is 17.8 Å². The summed E-state index contributed by atoms with van der Waals surface area (Å²) in [5.41, 5.74) is 1.06. The maximum absolute atomic E-state index is 12.4. The molecule has 0 spiro atoms. The normalized spacial score (nSPS) is 11.4. The third-order valence-electron chi connectivity index (χ3n) is 3.38. The summed E-state index contributed by atoms with van der Waals surface area (Å²) in [7, 11) is -4.33. The number of esters is 1. The Hall–Kier alpha value is -0.740. The molecule has 0 fully saturated rings. The van der Waals surface area contributed by atoms with Crippen molar-refractivity contribution < 1.29 is 22.5 Å². The fraction of sp³-hybridized carbons (Fsp3) is 0.133. The Labute approximate surface area is 164 Å². The van der Waals surface area contributed by atoms with E-state index in [0.717, 1.165) is 0 Å². The van der Waals surface area contributed by atoms with Crippen molar-refractivity contribution in [1.82, 2.24) is 0 Å². The third kappa shape index (κ3) is 4.08. The minimum Gasteiger partial charge on any atom is -0.423 e. The second-order valence-corrected chi connectivity index (χ2v) is 8.88. The van der Waals surface area contributed by atoms with Crippen molar-refractivity contribution in [2.24, 2.45) is 0 Å². The van der Waals surface area contributed by atoms with E-state index in [0.29, 0.717) is 30.1 Å². The Balaban J connectivity index is 2.43. The lowest BCUT2D eigenvalue weighted by Gasteiger charge is -2.13. The first-order chi connectivity index (χ1) is 11.0. The number of halogens is 3. The molecule has 0 aromatic heterocycles. The molecule has 0 saturated carbocycles. The minimum atomic E-state index is -4.33. The molecule has 0 atom stereocenters. The summed E-state index contributed by atoms with van der Waals surface area (Å²) >= 11 is 9.95. The van der Waals surface area contributed by atoms with Gasteiger partial charge in [-0.1, -0.05) is 15.9 Å². The molecule has 0 saturated heterocycles. The zero-order chi connectivity index (χ0) is 18.2. The maximum atomic E-state index is 12.4. The minimum absolute atomic E-state index is 0.216. The van der Waals surface area contributed by atoms with Crippen LogP contribution < -0.4 is 4.74 Å². The Morgan fingerprint density at radius 1 is 1.08 bits per heavy atom. The Morgan fingerprint density at radius 2 is 1.71 bits per heavy atom. The van der Waals surface area contributed by atoms with Crippen LogP contribution in [0.15, 0.2) is 42.6 Å². The zero-order valence-corrected chi connectivity index (χ0v) is 18.0. The molecule has 0 heterocycles. The van der Waals surface area contributed by atoms with E-state index in [4.69, 9.17) is 4.74 Å². The Morgan fingerprint density at radius 3 is 2.29 bits per heavy atom. The highest BCUT2D eigenvalue weighted by Gasteiger charge is 2.20. The van der Waals surface area contributed by atoms with Crippen molar-refractivity contribution in [3.63, 3.8) is 0 Å². The molecule has 0 aliphatic carbocycles. The van der Waals surface area contributed by atoms with Crippen LogP contribution in [0.25, 0.3) is 0 Å². The van der Waals surface area contributed by atoms with Gasteiger partial charge < -0.3 is 4.74 Å². The van der Waals surface area contributed by atoms with E-state index >= 15 is 0 Å². The van der Waals surface area contributed by atoms with Crippen LogP contribution in [0.1, 0.15) is 21.5 Å². The predicted octanol–water partition coefficient (Wildman–Crippen LogP) is 5.06. The van der Waals surface area contributed by atoms with E-state index in [-0.39, 0.29) is 10.6 Å². The summed E-state index contributed by atoms with van der Waals surface area (Å²) < 4.78 is 39.1. The molecule has 2 aromatic carbocycles. The molecule has 2 aromatic rings. The third-order valence-corrected chi connectivity index (χ3v) is 6.85. The number of benzene rings is 2. The van der Waals surface area contributed by atoms with Crippen molar-refractivity contribution in [3.05, 3.63) is 54.4 Å². The SMILES string of the molecule is Cc1c(OC(=O)c2cc(Br)cc(Br)c2Br)ccc(S(=O)(=O)O)c1C. The van der Waals surface area contributed by atoms with Gasteiger partial charge in [-0.15, -0.1) is 0 Å². The highest BCUT2D eigenvalue weighted by Crippen LogP contribution is 2.33. The quantitative estimate of drug-likeness (QED) is 0.254. The molecule has 128 valence electrons. The smallest absolute Gasteiger partial charge is 0.344 e. The Kier molecular flexibility index (Phi) is 5.91. The number of carbonyl (C=O) groups is 1. The molecule has 9 heteroatoms. The van der Waals surface area contributed by atoms with E-state index in [1.165, 1.54) is 19.1 Å². The van der Waals surface area contributed by atoms with Gasteiger partial charge >= 0.3 is 5.97 Å².